The Kier molecular flexibility index (Phi) is 6.62. The number of aliphatic hydroxyl groups excluding tert-OH is 1. The van der Waals surface area contributed by atoms with E-state index in [9.17, 15) is 5.11 Å². The van der Waals surface area contributed by atoms with Crippen LogP contribution in [0.5, 0.6) is 0 Å². The molecular weight excluding hydrogens is 308 g/mol. The standard InChI is InChI=1S/C22H30N2O/c1-18(22-9-5-8-20(14-22)17-25)23-15-21-11-13-24(16-21)12-10-19-6-3-2-4-7-19/h2-9,14,18,21,23,25H,10-13,15-17H2,1H3. The molecule has 2 N–H and O–H groups in total. The first-order chi connectivity index (χ1) is 12.2. The van der Waals surface area contributed by atoms with E-state index in [0.717, 1.165) is 31.0 Å². The molecule has 3 heteroatoms. The van der Waals surface area contributed by atoms with Gasteiger partial charge in [0.25, 0.3) is 0 Å². The molecule has 1 aliphatic rings. The Hall–Kier alpha value is -1.68. The molecule has 25 heavy (non-hydrogen) atoms. The number of nitrogens with one attached hydrogen (secondary N) is 1. The minimum Gasteiger partial charge on any atom is -0.392 e. The molecule has 2 aromatic rings. The van der Waals surface area contributed by atoms with Gasteiger partial charge in [0, 0.05) is 19.1 Å². The van der Waals surface area contributed by atoms with Crippen LogP contribution in [0.15, 0.2) is 54.6 Å². The summed E-state index contributed by atoms with van der Waals surface area (Å²) in [6, 6.07) is 19.3. The minimum absolute atomic E-state index is 0.111. The van der Waals surface area contributed by atoms with Crippen LogP contribution in [0.2, 0.25) is 0 Å². The third kappa shape index (κ3) is 5.40. The number of aliphatic hydroxyl groups is 1. The predicted molar refractivity (Wildman–Crippen MR) is 103 cm³/mol. The maximum Gasteiger partial charge on any atom is 0.0681 e. The molecule has 0 aliphatic carbocycles. The van der Waals surface area contributed by atoms with E-state index in [-0.39, 0.29) is 6.61 Å². The lowest BCUT2D eigenvalue weighted by Crippen LogP contribution is -2.29. The zero-order chi connectivity index (χ0) is 17.5. The van der Waals surface area contributed by atoms with E-state index in [1.54, 1.807) is 0 Å². The van der Waals surface area contributed by atoms with Gasteiger partial charge in [-0.3, -0.25) is 0 Å². The molecule has 1 fully saturated rings. The van der Waals surface area contributed by atoms with Gasteiger partial charge >= 0.3 is 0 Å². The van der Waals surface area contributed by atoms with Crippen molar-refractivity contribution in [2.75, 3.05) is 26.2 Å². The highest BCUT2D eigenvalue weighted by Crippen LogP contribution is 2.19. The summed E-state index contributed by atoms with van der Waals surface area (Å²) in [5, 5.41) is 13.0. The summed E-state index contributed by atoms with van der Waals surface area (Å²) < 4.78 is 0. The van der Waals surface area contributed by atoms with Crippen molar-refractivity contribution in [3.05, 3.63) is 71.3 Å². The van der Waals surface area contributed by atoms with Crippen LogP contribution >= 0.6 is 0 Å². The van der Waals surface area contributed by atoms with E-state index < -0.39 is 0 Å². The SMILES string of the molecule is CC(NCC1CCN(CCc2ccccc2)C1)c1cccc(CO)c1. The van der Waals surface area contributed by atoms with Gasteiger partial charge in [-0.2, -0.15) is 0 Å². The number of likely N-dealkylation sites (tertiary alicyclic amines) is 1. The van der Waals surface area contributed by atoms with E-state index in [1.165, 1.54) is 30.6 Å². The van der Waals surface area contributed by atoms with Gasteiger partial charge in [0.1, 0.15) is 0 Å². The molecule has 1 heterocycles. The number of rotatable bonds is 8. The maximum absolute atomic E-state index is 9.28. The van der Waals surface area contributed by atoms with Crippen molar-refractivity contribution < 1.29 is 5.11 Å². The van der Waals surface area contributed by atoms with Crippen LogP contribution in [0.25, 0.3) is 0 Å². The van der Waals surface area contributed by atoms with Crippen LogP contribution in [-0.4, -0.2) is 36.2 Å². The highest BCUT2D eigenvalue weighted by Gasteiger charge is 2.22. The van der Waals surface area contributed by atoms with E-state index in [0.29, 0.717) is 6.04 Å². The zero-order valence-electron chi connectivity index (χ0n) is 15.2. The maximum atomic E-state index is 9.28. The molecule has 0 bridgehead atoms. The first-order valence-corrected chi connectivity index (χ1v) is 9.44. The Morgan fingerprint density at radius 1 is 1.12 bits per heavy atom. The van der Waals surface area contributed by atoms with E-state index in [4.69, 9.17) is 0 Å². The van der Waals surface area contributed by atoms with Gasteiger partial charge in [0.15, 0.2) is 0 Å². The topological polar surface area (TPSA) is 35.5 Å². The fourth-order valence-corrected chi connectivity index (χ4v) is 3.64. The average molecular weight is 338 g/mol. The zero-order valence-corrected chi connectivity index (χ0v) is 15.2. The van der Waals surface area contributed by atoms with Crippen molar-refractivity contribution in [3.8, 4) is 0 Å². The molecule has 3 rings (SSSR count). The van der Waals surface area contributed by atoms with Gasteiger partial charge in [0.2, 0.25) is 0 Å². The number of benzene rings is 2. The van der Waals surface area contributed by atoms with Crippen molar-refractivity contribution in [2.24, 2.45) is 5.92 Å². The number of nitrogens with zero attached hydrogens (tertiary/aromatic N) is 1. The van der Waals surface area contributed by atoms with Crippen molar-refractivity contribution in [3.63, 3.8) is 0 Å². The summed E-state index contributed by atoms with van der Waals surface area (Å²) in [6.45, 7) is 6.95. The van der Waals surface area contributed by atoms with Gasteiger partial charge in [0.05, 0.1) is 6.61 Å². The molecule has 0 aromatic heterocycles. The highest BCUT2D eigenvalue weighted by molar-refractivity contribution is 5.25. The van der Waals surface area contributed by atoms with Gasteiger partial charge in [-0.1, -0.05) is 54.6 Å². The average Bonchev–Trinajstić information content (AvgIpc) is 3.13. The molecule has 0 amide bonds. The first kappa shape index (κ1) is 18.1. The summed E-state index contributed by atoms with van der Waals surface area (Å²) in [7, 11) is 0. The van der Waals surface area contributed by atoms with Crippen molar-refractivity contribution in [1.29, 1.82) is 0 Å². The van der Waals surface area contributed by atoms with E-state index >= 15 is 0 Å². The summed E-state index contributed by atoms with van der Waals surface area (Å²) in [5.74, 6) is 0.735. The van der Waals surface area contributed by atoms with Gasteiger partial charge < -0.3 is 15.3 Å². The fraction of sp³-hybridized carbons (Fsp3) is 0.455. The van der Waals surface area contributed by atoms with Crippen LogP contribution in [-0.2, 0) is 13.0 Å². The summed E-state index contributed by atoms with van der Waals surface area (Å²) in [5.41, 5.74) is 3.67. The molecule has 0 saturated carbocycles. The lowest BCUT2D eigenvalue weighted by atomic mass is 10.0. The Balaban J connectivity index is 1.40. The monoisotopic (exact) mass is 338 g/mol. The Labute approximate surface area is 151 Å². The van der Waals surface area contributed by atoms with E-state index in [1.807, 2.05) is 12.1 Å². The normalized spacial score (nSPS) is 19.2. The number of hydrogen-bond donors (Lipinski definition) is 2. The van der Waals surface area contributed by atoms with Gasteiger partial charge in [-0.05, 0) is 55.5 Å². The van der Waals surface area contributed by atoms with Crippen LogP contribution in [0.1, 0.15) is 36.1 Å². The molecule has 1 aliphatic heterocycles. The van der Waals surface area contributed by atoms with Crippen molar-refractivity contribution in [1.82, 2.24) is 10.2 Å². The third-order valence-corrected chi connectivity index (χ3v) is 5.28. The molecule has 2 unspecified atom stereocenters. The van der Waals surface area contributed by atoms with Crippen LogP contribution in [0.4, 0.5) is 0 Å². The van der Waals surface area contributed by atoms with Crippen LogP contribution in [0.3, 0.4) is 0 Å². The fourth-order valence-electron chi connectivity index (χ4n) is 3.64. The molecule has 134 valence electrons. The molecule has 0 radical (unpaired) electrons. The smallest absolute Gasteiger partial charge is 0.0681 e. The second-order valence-corrected chi connectivity index (χ2v) is 7.22. The predicted octanol–water partition coefficient (Wildman–Crippen LogP) is 3.39. The molecule has 1 saturated heterocycles. The lowest BCUT2D eigenvalue weighted by Gasteiger charge is -2.19. The Morgan fingerprint density at radius 2 is 1.92 bits per heavy atom. The molecule has 3 nitrogen and oxygen atoms in total. The third-order valence-electron chi connectivity index (χ3n) is 5.28. The highest BCUT2D eigenvalue weighted by atomic mass is 16.3. The second-order valence-electron chi connectivity index (χ2n) is 7.22. The molecule has 2 aromatic carbocycles. The summed E-state index contributed by atoms with van der Waals surface area (Å²) in [6.07, 6.45) is 2.43. The lowest BCUT2D eigenvalue weighted by molar-refractivity contribution is 0.281. The van der Waals surface area contributed by atoms with E-state index in [2.05, 4.69) is 59.6 Å². The molecule has 0 spiro atoms. The quantitative estimate of drug-likeness (QED) is 0.774. The second kappa shape index (κ2) is 9.14. The van der Waals surface area contributed by atoms with Crippen molar-refractivity contribution >= 4 is 0 Å². The largest absolute Gasteiger partial charge is 0.392 e. The summed E-state index contributed by atoms with van der Waals surface area (Å²) >= 11 is 0. The molecule has 2 atom stereocenters. The Bertz CT molecular complexity index is 643. The van der Waals surface area contributed by atoms with Gasteiger partial charge in [-0.25, -0.2) is 0 Å². The summed E-state index contributed by atoms with van der Waals surface area (Å²) in [4.78, 5) is 2.59. The van der Waals surface area contributed by atoms with Gasteiger partial charge in [-0.15, -0.1) is 0 Å². The van der Waals surface area contributed by atoms with Crippen LogP contribution in [0, 0.1) is 5.92 Å². The first-order valence-electron chi connectivity index (χ1n) is 9.44. The Morgan fingerprint density at radius 3 is 2.72 bits per heavy atom. The van der Waals surface area contributed by atoms with Crippen LogP contribution < -0.4 is 5.32 Å². The van der Waals surface area contributed by atoms with Crippen molar-refractivity contribution in [2.45, 2.75) is 32.4 Å². The number of hydrogen-bond acceptors (Lipinski definition) is 3. The minimum atomic E-state index is 0.111. The molecular formula is C22H30N2O.